The van der Waals surface area contributed by atoms with E-state index in [-0.39, 0.29) is 0 Å². The molecule has 1 N–H and O–H groups in total. The number of nitrogens with zero attached hydrogens (tertiary/aromatic N) is 2. The molecule has 0 atom stereocenters. The van der Waals surface area contributed by atoms with Gasteiger partial charge in [-0.1, -0.05) is 12.1 Å². The third-order valence-corrected chi connectivity index (χ3v) is 2.77. The average Bonchev–Trinajstić information content (AvgIpc) is 2.35. The van der Waals surface area contributed by atoms with Gasteiger partial charge < -0.3 is 10.2 Å². The van der Waals surface area contributed by atoms with Gasteiger partial charge in [0.1, 0.15) is 0 Å². The summed E-state index contributed by atoms with van der Waals surface area (Å²) in [5, 5.41) is 5.61. The number of fused-ring (bicyclic) bond motifs is 1. The minimum absolute atomic E-state index is 0.979. The van der Waals surface area contributed by atoms with Crippen molar-refractivity contribution in [1.29, 1.82) is 0 Å². The van der Waals surface area contributed by atoms with Crippen LogP contribution in [0.2, 0.25) is 0 Å². The zero-order valence-electron chi connectivity index (χ0n) is 9.77. The maximum absolute atomic E-state index is 4.19. The fraction of sp³-hybridized carbons (Fsp3) is 0.308. The first kappa shape index (κ1) is 10.9. The zero-order valence-corrected chi connectivity index (χ0v) is 9.77. The maximum atomic E-state index is 4.19. The van der Waals surface area contributed by atoms with Crippen LogP contribution in [0.25, 0.3) is 10.8 Å². The molecule has 0 radical (unpaired) electrons. The molecule has 0 spiro atoms. The summed E-state index contributed by atoms with van der Waals surface area (Å²) in [5.74, 6) is 0. The minimum atomic E-state index is 0.979. The lowest BCUT2D eigenvalue weighted by molar-refractivity contribution is 0.769. The Hall–Kier alpha value is -1.61. The summed E-state index contributed by atoms with van der Waals surface area (Å²) < 4.78 is 0. The maximum Gasteiger partial charge on any atom is 0.0459 e. The molecule has 0 fully saturated rings. The smallest absolute Gasteiger partial charge is 0.0459 e. The van der Waals surface area contributed by atoms with Gasteiger partial charge in [-0.3, -0.25) is 4.98 Å². The Bertz CT molecular complexity index is 462. The second-order valence-electron chi connectivity index (χ2n) is 3.90. The highest BCUT2D eigenvalue weighted by Crippen LogP contribution is 2.24. The van der Waals surface area contributed by atoms with Crippen molar-refractivity contribution >= 4 is 16.5 Å². The third kappa shape index (κ3) is 2.14. The zero-order chi connectivity index (χ0) is 11.4. The van der Waals surface area contributed by atoms with Crippen LogP contribution in [0.5, 0.6) is 0 Å². The number of rotatable bonds is 4. The second-order valence-corrected chi connectivity index (χ2v) is 3.90. The van der Waals surface area contributed by atoms with E-state index in [1.807, 2.05) is 25.5 Å². The summed E-state index contributed by atoms with van der Waals surface area (Å²) in [6.45, 7) is 1.97. The largest absolute Gasteiger partial charge is 0.373 e. The molecule has 1 aromatic carbocycles. The molecule has 0 saturated carbocycles. The Kier molecular flexibility index (Phi) is 3.37. The van der Waals surface area contributed by atoms with Gasteiger partial charge in [0.2, 0.25) is 0 Å². The van der Waals surface area contributed by atoms with Crippen LogP contribution >= 0.6 is 0 Å². The van der Waals surface area contributed by atoms with Gasteiger partial charge in [0.05, 0.1) is 0 Å². The number of benzene rings is 1. The quantitative estimate of drug-likeness (QED) is 0.844. The molecule has 84 valence electrons. The Morgan fingerprint density at radius 1 is 1.31 bits per heavy atom. The number of likely N-dealkylation sites (N-methyl/N-ethyl adjacent to an activating group) is 2. The van der Waals surface area contributed by atoms with Gasteiger partial charge in [-0.2, -0.15) is 0 Å². The van der Waals surface area contributed by atoms with Crippen LogP contribution in [-0.2, 0) is 0 Å². The number of anilines is 1. The lowest BCUT2D eigenvalue weighted by Crippen LogP contribution is -2.27. The standard InChI is InChI=1S/C13H17N3/c1-14-8-9-16(2)13-5-3-4-11-6-7-15-10-12(11)13/h3-7,10,14H,8-9H2,1-2H3. The lowest BCUT2D eigenvalue weighted by Gasteiger charge is -2.20. The Balaban J connectivity index is 2.36. The van der Waals surface area contributed by atoms with Crippen LogP contribution in [0, 0.1) is 0 Å². The van der Waals surface area contributed by atoms with Crippen LogP contribution in [0.15, 0.2) is 36.7 Å². The van der Waals surface area contributed by atoms with Crippen LogP contribution in [0.3, 0.4) is 0 Å². The molecule has 1 aromatic heterocycles. The molecule has 0 aliphatic rings. The predicted molar refractivity (Wildman–Crippen MR) is 68.9 cm³/mol. The molecule has 0 amide bonds. The molecule has 16 heavy (non-hydrogen) atoms. The Labute approximate surface area is 96.1 Å². The summed E-state index contributed by atoms with van der Waals surface area (Å²) in [6, 6.07) is 8.39. The van der Waals surface area contributed by atoms with E-state index in [9.17, 15) is 0 Å². The van der Waals surface area contributed by atoms with Crippen LogP contribution in [0.1, 0.15) is 0 Å². The molecule has 2 rings (SSSR count). The highest BCUT2D eigenvalue weighted by molar-refractivity contribution is 5.93. The summed E-state index contributed by atoms with van der Waals surface area (Å²) >= 11 is 0. The van der Waals surface area contributed by atoms with Crippen molar-refractivity contribution in [3.63, 3.8) is 0 Å². The SMILES string of the molecule is CNCCN(C)c1cccc2ccncc12. The van der Waals surface area contributed by atoms with Crippen molar-refractivity contribution in [2.75, 3.05) is 32.1 Å². The third-order valence-electron chi connectivity index (χ3n) is 2.77. The molecule has 3 heteroatoms. The van der Waals surface area contributed by atoms with E-state index >= 15 is 0 Å². The molecule has 0 saturated heterocycles. The van der Waals surface area contributed by atoms with E-state index in [4.69, 9.17) is 0 Å². The number of hydrogen-bond donors (Lipinski definition) is 1. The number of hydrogen-bond acceptors (Lipinski definition) is 3. The molecule has 0 bridgehead atoms. The van der Waals surface area contributed by atoms with E-state index in [0.29, 0.717) is 0 Å². The first-order valence-corrected chi connectivity index (χ1v) is 5.51. The second kappa shape index (κ2) is 4.94. The summed E-state index contributed by atoms with van der Waals surface area (Å²) in [4.78, 5) is 6.44. The van der Waals surface area contributed by atoms with Crippen LogP contribution in [-0.4, -0.2) is 32.2 Å². The normalized spacial score (nSPS) is 10.6. The van der Waals surface area contributed by atoms with Gasteiger partial charge in [0.25, 0.3) is 0 Å². The fourth-order valence-corrected chi connectivity index (χ4v) is 1.83. The Morgan fingerprint density at radius 2 is 2.19 bits per heavy atom. The lowest BCUT2D eigenvalue weighted by atomic mass is 10.1. The number of nitrogens with one attached hydrogen (secondary N) is 1. The van der Waals surface area contributed by atoms with Crippen molar-refractivity contribution in [3.8, 4) is 0 Å². The average molecular weight is 215 g/mol. The van der Waals surface area contributed by atoms with E-state index in [1.165, 1.54) is 16.5 Å². The van der Waals surface area contributed by atoms with Crippen molar-refractivity contribution < 1.29 is 0 Å². The summed E-state index contributed by atoms with van der Waals surface area (Å²) in [5.41, 5.74) is 1.24. The van der Waals surface area contributed by atoms with Crippen molar-refractivity contribution in [2.45, 2.75) is 0 Å². The molecular formula is C13H17N3. The van der Waals surface area contributed by atoms with Gasteiger partial charge in [-0.05, 0) is 24.6 Å². The van der Waals surface area contributed by atoms with Crippen LogP contribution < -0.4 is 10.2 Å². The predicted octanol–water partition coefficient (Wildman–Crippen LogP) is 1.89. The molecular weight excluding hydrogens is 198 g/mol. The van der Waals surface area contributed by atoms with Gasteiger partial charge >= 0.3 is 0 Å². The first-order chi connectivity index (χ1) is 7.83. The molecule has 0 aliphatic heterocycles. The highest BCUT2D eigenvalue weighted by Gasteiger charge is 2.04. The molecule has 0 aliphatic carbocycles. The van der Waals surface area contributed by atoms with Crippen LogP contribution in [0.4, 0.5) is 5.69 Å². The van der Waals surface area contributed by atoms with E-state index < -0.39 is 0 Å². The van der Waals surface area contributed by atoms with Crippen molar-refractivity contribution in [1.82, 2.24) is 10.3 Å². The fourth-order valence-electron chi connectivity index (χ4n) is 1.83. The Morgan fingerprint density at radius 3 is 3.00 bits per heavy atom. The van der Waals surface area contributed by atoms with Crippen molar-refractivity contribution in [2.24, 2.45) is 0 Å². The molecule has 1 heterocycles. The minimum Gasteiger partial charge on any atom is -0.373 e. The topological polar surface area (TPSA) is 28.2 Å². The van der Waals surface area contributed by atoms with Gasteiger partial charge in [0, 0.05) is 43.6 Å². The number of pyridine rings is 1. The monoisotopic (exact) mass is 215 g/mol. The summed E-state index contributed by atoms with van der Waals surface area (Å²) in [6.07, 6.45) is 3.76. The van der Waals surface area contributed by atoms with E-state index in [0.717, 1.165) is 13.1 Å². The molecule has 2 aromatic rings. The number of aromatic nitrogens is 1. The van der Waals surface area contributed by atoms with Gasteiger partial charge in [0.15, 0.2) is 0 Å². The molecule has 0 unspecified atom stereocenters. The van der Waals surface area contributed by atoms with Gasteiger partial charge in [-0.15, -0.1) is 0 Å². The summed E-state index contributed by atoms with van der Waals surface area (Å²) in [7, 11) is 4.08. The molecule has 3 nitrogen and oxygen atoms in total. The van der Waals surface area contributed by atoms with E-state index in [2.05, 4.69) is 40.4 Å². The first-order valence-electron chi connectivity index (χ1n) is 5.51. The van der Waals surface area contributed by atoms with E-state index in [1.54, 1.807) is 0 Å². The van der Waals surface area contributed by atoms with Crippen molar-refractivity contribution in [3.05, 3.63) is 36.7 Å². The highest BCUT2D eigenvalue weighted by atomic mass is 15.1. The van der Waals surface area contributed by atoms with Gasteiger partial charge in [-0.25, -0.2) is 0 Å².